The number of para-hydroxylation sites is 1. The molecule has 1 N–H and O–H groups in total. The van der Waals surface area contributed by atoms with Gasteiger partial charge < -0.3 is 9.47 Å². The highest BCUT2D eigenvalue weighted by Crippen LogP contribution is 2.24. The fourth-order valence-electron chi connectivity index (χ4n) is 2.09. The van der Waals surface area contributed by atoms with Gasteiger partial charge in [0, 0.05) is 0 Å². The molecule has 8 heteroatoms. The Hall–Kier alpha value is -2.45. The van der Waals surface area contributed by atoms with Gasteiger partial charge in [0.2, 0.25) is 4.77 Å². The summed E-state index contributed by atoms with van der Waals surface area (Å²) in [5, 5.41) is 11.3. The Balaban J connectivity index is 1.77. The molecular formula is C17H15BrN4O2S. The van der Waals surface area contributed by atoms with Gasteiger partial charge in [-0.05, 0) is 64.0 Å². The van der Waals surface area contributed by atoms with E-state index in [0.29, 0.717) is 10.6 Å². The predicted octanol–water partition coefficient (Wildman–Crippen LogP) is 4.17. The van der Waals surface area contributed by atoms with Crippen LogP contribution in [-0.4, -0.2) is 28.2 Å². The zero-order valence-corrected chi connectivity index (χ0v) is 15.8. The second-order valence-corrected chi connectivity index (χ2v) is 6.24. The van der Waals surface area contributed by atoms with Crippen LogP contribution in [0.5, 0.6) is 11.5 Å². The number of halogens is 1. The van der Waals surface area contributed by atoms with E-state index >= 15 is 0 Å². The van der Waals surface area contributed by atoms with Crippen LogP contribution in [0.4, 0.5) is 0 Å². The second-order valence-electron chi connectivity index (χ2n) is 5.00. The van der Waals surface area contributed by atoms with Crippen LogP contribution in [0.25, 0.3) is 0 Å². The summed E-state index contributed by atoms with van der Waals surface area (Å²) in [6.07, 6.45) is 1.70. The van der Waals surface area contributed by atoms with Crippen LogP contribution in [0.3, 0.4) is 0 Å². The summed E-state index contributed by atoms with van der Waals surface area (Å²) in [4.78, 5) is 0. The normalized spacial score (nSPS) is 11.0. The molecule has 0 atom stereocenters. The molecule has 0 aliphatic carbocycles. The minimum absolute atomic E-state index is 0.251. The van der Waals surface area contributed by atoms with E-state index in [9.17, 15) is 0 Å². The third-order valence-corrected chi connectivity index (χ3v) is 4.21. The summed E-state index contributed by atoms with van der Waals surface area (Å²) in [6.45, 7) is 0.251. The van der Waals surface area contributed by atoms with Crippen molar-refractivity contribution in [2.45, 2.75) is 6.61 Å². The van der Waals surface area contributed by atoms with Gasteiger partial charge in [-0.3, -0.25) is 0 Å². The van der Waals surface area contributed by atoms with Gasteiger partial charge >= 0.3 is 0 Å². The number of hydrogen-bond donors (Lipinski definition) is 1. The molecule has 0 fully saturated rings. The van der Waals surface area contributed by atoms with Gasteiger partial charge in [-0.1, -0.05) is 18.2 Å². The highest BCUT2D eigenvalue weighted by molar-refractivity contribution is 9.10. The minimum Gasteiger partial charge on any atom is -0.496 e. The van der Waals surface area contributed by atoms with Gasteiger partial charge in [0.15, 0.2) is 5.82 Å². The summed E-state index contributed by atoms with van der Waals surface area (Å²) in [5.74, 6) is 2.10. The SMILES string of the molecule is COc1ccc(/C=N\n2c(COc3ccccc3)n[nH]c2=S)cc1Br. The van der Waals surface area contributed by atoms with E-state index in [1.807, 2.05) is 48.5 Å². The van der Waals surface area contributed by atoms with Crippen LogP contribution in [0.1, 0.15) is 11.4 Å². The fourth-order valence-corrected chi connectivity index (χ4v) is 2.85. The van der Waals surface area contributed by atoms with Crippen molar-refractivity contribution >= 4 is 34.4 Å². The van der Waals surface area contributed by atoms with Crippen molar-refractivity contribution in [3.8, 4) is 11.5 Å². The average Bonchev–Trinajstić information content (AvgIpc) is 2.99. The van der Waals surface area contributed by atoms with Gasteiger partial charge in [0.05, 0.1) is 17.8 Å². The first kappa shape index (κ1) is 17.4. The number of ether oxygens (including phenoxy) is 2. The van der Waals surface area contributed by atoms with Crippen LogP contribution in [0.2, 0.25) is 0 Å². The van der Waals surface area contributed by atoms with Crippen molar-refractivity contribution in [1.29, 1.82) is 0 Å². The molecule has 0 aliphatic rings. The number of nitrogens with one attached hydrogen (secondary N) is 1. The largest absolute Gasteiger partial charge is 0.496 e. The maximum atomic E-state index is 5.70. The van der Waals surface area contributed by atoms with Crippen molar-refractivity contribution in [3.05, 3.63) is 69.2 Å². The summed E-state index contributed by atoms with van der Waals surface area (Å²) in [6, 6.07) is 15.2. The molecule has 0 saturated carbocycles. The molecule has 0 spiro atoms. The highest BCUT2D eigenvalue weighted by Gasteiger charge is 2.06. The Morgan fingerprint density at radius 1 is 1.28 bits per heavy atom. The topological polar surface area (TPSA) is 64.4 Å². The molecule has 0 saturated heterocycles. The van der Waals surface area contributed by atoms with E-state index in [2.05, 4.69) is 31.2 Å². The van der Waals surface area contributed by atoms with E-state index in [-0.39, 0.29) is 6.61 Å². The molecule has 1 heterocycles. The fraction of sp³-hybridized carbons (Fsp3) is 0.118. The lowest BCUT2D eigenvalue weighted by molar-refractivity contribution is 0.290. The quantitative estimate of drug-likeness (QED) is 0.481. The van der Waals surface area contributed by atoms with E-state index < -0.39 is 0 Å². The molecule has 0 radical (unpaired) electrons. The third-order valence-electron chi connectivity index (χ3n) is 3.33. The van der Waals surface area contributed by atoms with Gasteiger partial charge in [-0.25, -0.2) is 5.10 Å². The first-order valence-corrected chi connectivity index (χ1v) is 8.59. The van der Waals surface area contributed by atoms with Crippen molar-refractivity contribution in [3.63, 3.8) is 0 Å². The lowest BCUT2D eigenvalue weighted by Gasteiger charge is -2.05. The Bertz CT molecular complexity index is 937. The van der Waals surface area contributed by atoms with Crippen LogP contribution >= 0.6 is 28.1 Å². The number of rotatable bonds is 6. The predicted molar refractivity (Wildman–Crippen MR) is 102 cm³/mol. The minimum atomic E-state index is 0.251. The van der Waals surface area contributed by atoms with Gasteiger partial charge in [-0.2, -0.15) is 14.9 Å². The van der Waals surface area contributed by atoms with Crippen molar-refractivity contribution in [2.24, 2.45) is 5.10 Å². The molecule has 0 unspecified atom stereocenters. The number of methoxy groups -OCH3 is 1. The number of aromatic amines is 1. The molecule has 0 aliphatic heterocycles. The molecule has 0 amide bonds. The van der Waals surface area contributed by atoms with E-state index in [1.54, 1.807) is 13.3 Å². The molecular weight excluding hydrogens is 404 g/mol. The number of nitrogens with zero attached hydrogens (tertiary/aromatic N) is 3. The zero-order valence-electron chi connectivity index (χ0n) is 13.3. The number of hydrogen-bond acceptors (Lipinski definition) is 5. The summed E-state index contributed by atoms with van der Waals surface area (Å²) < 4.78 is 13.7. The Labute approximate surface area is 158 Å². The van der Waals surface area contributed by atoms with E-state index in [0.717, 1.165) is 21.5 Å². The molecule has 3 aromatic rings. The molecule has 25 heavy (non-hydrogen) atoms. The van der Waals surface area contributed by atoms with Crippen LogP contribution in [0.15, 0.2) is 58.1 Å². The molecule has 128 valence electrons. The van der Waals surface area contributed by atoms with Crippen LogP contribution in [0, 0.1) is 4.77 Å². The number of aromatic nitrogens is 3. The van der Waals surface area contributed by atoms with Crippen molar-refractivity contribution in [1.82, 2.24) is 14.9 Å². The van der Waals surface area contributed by atoms with E-state index in [1.165, 1.54) is 4.68 Å². The molecule has 1 aromatic heterocycles. The zero-order chi connectivity index (χ0) is 17.6. The van der Waals surface area contributed by atoms with Gasteiger partial charge in [0.1, 0.15) is 18.1 Å². The van der Waals surface area contributed by atoms with Crippen LogP contribution in [-0.2, 0) is 6.61 Å². The Kier molecular flexibility index (Phi) is 5.62. The lowest BCUT2D eigenvalue weighted by atomic mass is 10.2. The Morgan fingerprint density at radius 2 is 2.08 bits per heavy atom. The summed E-state index contributed by atoms with van der Waals surface area (Å²) in [5.41, 5.74) is 0.894. The van der Waals surface area contributed by atoms with Gasteiger partial charge in [-0.15, -0.1) is 0 Å². The summed E-state index contributed by atoms with van der Waals surface area (Å²) >= 11 is 8.68. The first-order chi connectivity index (χ1) is 12.2. The average molecular weight is 419 g/mol. The van der Waals surface area contributed by atoms with Crippen molar-refractivity contribution in [2.75, 3.05) is 7.11 Å². The standard InChI is InChI=1S/C17H15BrN4O2S/c1-23-15-8-7-12(9-14(15)18)10-19-22-16(20-21-17(22)25)11-24-13-5-3-2-4-6-13/h2-10H,11H2,1H3,(H,21,25)/b19-10-. The van der Waals surface area contributed by atoms with Gasteiger partial charge in [0.25, 0.3) is 0 Å². The summed E-state index contributed by atoms with van der Waals surface area (Å²) in [7, 11) is 1.62. The van der Waals surface area contributed by atoms with Crippen LogP contribution < -0.4 is 9.47 Å². The maximum absolute atomic E-state index is 5.70. The molecule has 6 nitrogen and oxygen atoms in total. The number of H-pyrrole nitrogens is 1. The molecule has 0 bridgehead atoms. The smallest absolute Gasteiger partial charge is 0.216 e. The van der Waals surface area contributed by atoms with E-state index in [4.69, 9.17) is 21.7 Å². The van der Waals surface area contributed by atoms with Crippen molar-refractivity contribution < 1.29 is 9.47 Å². The Morgan fingerprint density at radius 3 is 2.80 bits per heavy atom. The lowest BCUT2D eigenvalue weighted by Crippen LogP contribution is -2.04. The maximum Gasteiger partial charge on any atom is 0.216 e. The number of benzene rings is 2. The second kappa shape index (κ2) is 8.09. The molecule has 3 rings (SSSR count). The third kappa shape index (κ3) is 4.34. The highest BCUT2D eigenvalue weighted by atomic mass is 79.9. The molecule has 2 aromatic carbocycles. The first-order valence-electron chi connectivity index (χ1n) is 7.39. The monoisotopic (exact) mass is 418 g/mol.